The zero-order chi connectivity index (χ0) is 10.3. The third-order valence-corrected chi connectivity index (χ3v) is 2.76. The highest BCUT2D eigenvalue weighted by Crippen LogP contribution is 2.18. The number of imidazole rings is 1. The molecule has 4 heteroatoms. The molecule has 3 aromatic rings. The lowest BCUT2D eigenvalue weighted by Crippen LogP contribution is -1.80. The van der Waals surface area contributed by atoms with E-state index in [4.69, 9.17) is 0 Å². The summed E-state index contributed by atoms with van der Waals surface area (Å²) < 4.78 is 3.05. The first-order valence-electron chi connectivity index (χ1n) is 4.61. The quantitative estimate of drug-likeness (QED) is 0.718. The van der Waals surface area contributed by atoms with Gasteiger partial charge in [-0.2, -0.15) is 0 Å². The first kappa shape index (κ1) is 8.73. The number of aromatic amines is 1. The van der Waals surface area contributed by atoms with Gasteiger partial charge >= 0.3 is 0 Å². The number of aromatic nitrogens is 3. The molecule has 0 radical (unpaired) electrons. The van der Waals surface area contributed by atoms with Crippen molar-refractivity contribution in [1.29, 1.82) is 0 Å². The summed E-state index contributed by atoms with van der Waals surface area (Å²) in [6, 6.07) is 7.95. The molecule has 3 rings (SSSR count). The SMILES string of the molecule is Brc1ccc2nc(-c3ccc[nH]3)cn2c1. The van der Waals surface area contributed by atoms with Crippen LogP contribution in [0.1, 0.15) is 0 Å². The van der Waals surface area contributed by atoms with Gasteiger partial charge in [0, 0.05) is 23.1 Å². The van der Waals surface area contributed by atoms with Gasteiger partial charge in [-0.25, -0.2) is 4.98 Å². The molecule has 0 saturated heterocycles. The summed E-state index contributed by atoms with van der Waals surface area (Å²) in [5.74, 6) is 0. The maximum atomic E-state index is 4.51. The number of fused-ring (bicyclic) bond motifs is 1. The Morgan fingerprint density at radius 1 is 1.20 bits per heavy atom. The number of hydrogen-bond acceptors (Lipinski definition) is 1. The summed E-state index contributed by atoms with van der Waals surface area (Å²) in [5, 5.41) is 0. The minimum Gasteiger partial charge on any atom is -0.360 e. The molecule has 0 unspecified atom stereocenters. The van der Waals surface area contributed by atoms with Gasteiger partial charge in [-0.3, -0.25) is 0 Å². The molecule has 3 aromatic heterocycles. The predicted molar refractivity (Wildman–Crippen MR) is 62.7 cm³/mol. The molecule has 3 nitrogen and oxygen atoms in total. The smallest absolute Gasteiger partial charge is 0.137 e. The molecule has 0 saturated carbocycles. The normalized spacial score (nSPS) is 11.0. The van der Waals surface area contributed by atoms with Crippen LogP contribution >= 0.6 is 15.9 Å². The lowest BCUT2D eigenvalue weighted by molar-refractivity contribution is 1.17. The molecule has 74 valence electrons. The topological polar surface area (TPSA) is 33.1 Å². The summed E-state index contributed by atoms with van der Waals surface area (Å²) >= 11 is 3.43. The number of H-pyrrole nitrogens is 1. The van der Waals surface area contributed by atoms with E-state index in [9.17, 15) is 0 Å². The zero-order valence-corrected chi connectivity index (χ0v) is 9.40. The van der Waals surface area contributed by atoms with E-state index in [-0.39, 0.29) is 0 Å². The molecule has 0 fully saturated rings. The fraction of sp³-hybridized carbons (Fsp3) is 0. The van der Waals surface area contributed by atoms with Crippen molar-refractivity contribution in [3.8, 4) is 11.4 Å². The molecule has 15 heavy (non-hydrogen) atoms. The minimum absolute atomic E-state index is 0.947. The van der Waals surface area contributed by atoms with Crippen LogP contribution < -0.4 is 0 Å². The van der Waals surface area contributed by atoms with E-state index in [0.29, 0.717) is 0 Å². The van der Waals surface area contributed by atoms with Crippen LogP contribution in [0.3, 0.4) is 0 Å². The van der Waals surface area contributed by atoms with Gasteiger partial charge in [0.2, 0.25) is 0 Å². The van der Waals surface area contributed by atoms with Crippen molar-refractivity contribution >= 4 is 21.6 Å². The fourth-order valence-corrected chi connectivity index (χ4v) is 1.94. The summed E-state index contributed by atoms with van der Waals surface area (Å²) in [6.07, 6.45) is 5.90. The van der Waals surface area contributed by atoms with Crippen LogP contribution in [0.5, 0.6) is 0 Å². The number of nitrogens with one attached hydrogen (secondary N) is 1. The Morgan fingerprint density at radius 2 is 2.13 bits per heavy atom. The van der Waals surface area contributed by atoms with Crippen molar-refractivity contribution in [2.75, 3.05) is 0 Å². The van der Waals surface area contributed by atoms with E-state index in [1.54, 1.807) is 0 Å². The summed E-state index contributed by atoms with van der Waals surface area (Å²) in [7, 11) is 0. The molecule has 0 aliphatic rings. The molecule has 0 amide bonds. The second-order valence-electron chi connectivity index (χ2n) is 3.32. The van der Waals surface area contributed by atoms with Crippen molar-refractivity contribution in [3.63, 3.8) is 0 Å². The number of hydrogen-bond donors (Lipinski definition) is 1. The Labute approximate surface area is 94.9 Å². The zero-order valence-electron chi connectivity index (χ0n) is 7.81. The van der Waals surface area contributed by atoms with Crippen LogP contribution in [0.15, 0.2) is 47.3 Å². The second kappa shape index (κ2) is 3.24. The van der Waals surface area contributed by atoms with Gasteiger partial charge in [0.25, 0.3) is 0 Å². The summed E-state index contributed by atoms with van der Waals surface area (Å²) in [5.41, 5.74) is 2.94. The van der Waals surface area contributed by atoms with E-state index >= 15 is 0 Å². The van der Waals surface area contributed by atoms with E-state index in [0.717, 1.165) is 21.5 Å². The van der Waals surface area contributed by atoms with Gasteiger partial charge in [-0.1, -0.05) is 0 Å². The lowest BCUT2D eigenvalue weighted by Gasteiger charge is -1.91. The van der Waals surface area contributed by atoms with Gasteiger partial charge < -0.3 is 9.38 Å². The van der Waals surface area contributed by atoms with Crippen molar-refractivity contribution in [2.24, 2.45) is 0 Å². The van der Waals surface area contributed by atoms with Crippen LogP contribution in [0, 0.1) is 0 Å². The van der Waals surface area contributed by atoms with Gasteiger partial charge in [-0.15, -0.1) is 0 Å². The Morgan fingerprint density at radius 3 is 2.93 bits per heavy atom. The molecule has 0 spiro atoms. The Balaban J connectivity index is 2.22. The Hall–Kier alpha value is -1.55. The Bertz CT molecular complexity index is 595. The average Bonchev–Trinajstić information content (AvgIpc) is 2.84. The lowest BCUT2D eigenvalue weighted by atomic mass is 10.3. The van der Waals surface area contributed by atoms with Gasteiger partial charge in [0.1, 0.15) is 11.3 Å². The molecule has 0 bridgehead atoms. The average molecular weight is 262 g/mol. The maximum absolute atomic E-state index is 4.51. The van der Waals surface area contributed by atoms with E-state index in [1.807, 2.05) is 47.3 Å². The van der Waals surface area contributed by atoms with Crippen LogP contribution in [0.2, 0.25) is 0 Å². The number of nitrogens with zero attached hydrogens (tertiary/aromatic N) is 2. The Kier molecular flexibility index (Phi) is 1.89. The van der Waals surface area contributed by atoms with E-state index < -0.39 is 0 Å². The summed E-state index contributed by atoms with van der Waals surface area (Å²) in [6.45, 7) is 0. The highest BCUT2D eigenvalue weighted by atomic mass is 79.9. The fourth-order valence-electron chi connectivity index (χ4n) is 1.58. The third-order valence-electron chi connectivity index (χ3n) is 2.29. The first-order valence-corrected chi connectivity index (χ1v) is 5.40. The summed E-state index contributed by atoms with van der Waals surface area (Å²) in [4.78, 5) is 7.65. The molecular weight excluding hydrogens is 254 g/mol. The second-order valence-corrected chi connectivity index (χ2v) is 4.24. The highest BCUT2D eigenvalue weighted by Gasteiger charge is 2.04. The largest absolute Gasteiger partial charge is 0.360 e. The molecule has 0 aromatic carbocycles. The molecule has 0 aliphatic carbocycles. The van der Waals surface area contributed by atoms with Crippen LogP contribution in [-0.4, -0.2) is 14.4 Å². The number of halogens is 1. The van der Waals surface area contributed by atoms with Crippen LogP contribution in [-0.2, 0) is 0 Å². The van der Waals surface area contributed by atoms with Crippen LogP contribution in [0.25, 0.3) is 17.0 Å². The van der Waals surface area contributed by atoms with Crippen molar-refractivity contribution < 1.29 is 0 Å². The van der Waals surface area contributed by atoms with Crippen molar-refractivity contribution in [1.82, 2.24) is 14.4 Å². The minimum atomic E-state index is 0.947. The molecule has 1 N–H and O–H groups in total. The standard InChI is InChI=1S/C11H8BrN3/c12-8-3-4-11-14-10(7-15(11)6-8)9-2-1-5-13-9/h1-7,13H. The van der Waals surface area contributed by atoms with Gasteiger partial charge in [0.05, 0.1) is 5.69 Å². The van der Waals surface area contributed by atoms with Crippen molar-refractivity contribution in [3.05, 3.63) is 47.3 Å². The number of pyridine rings is 1. The monoisotopic (exact) mass is 261 g/mol. The predicted octanol–water partition coefficient (Wildman–Crippen LogP) is 3.09. The first-order chi connectivity index (χ1) is 7.33. The molecule has 3 heterocycles. The maximum Gasteiger partial charge on any atom is 0.137 e. The van der Waals surface area contributed by atoms with Crippen molar-refractivity contribution in [2.45, 2.75) is 0 Å². The molecule has 0 atom stereocenters. The van der Waals surface area contributed by atoms with E-state index in [1.165, 1.54) is 0 Å². The van der Waals surface area contributed by atoms with E-state index in [2.05, 4.69) is 25.9 Å². The van der Waals surface area contributed by atoms with Crippen LogP contribution in [0.4, 0.5) is 0 Å². The molecular formula is C11H8BrN3. The third kappa shape index (κ3) is 1.47. The molecule has 0 aliphatic heterocycles. The highest BCUT2D eigenvalue weighted by molar-refractivity contribution is 9.10. The van der Waals surface area contributed by atoms with Gasteiger partial charge in [-0.05, 0) is 40.2 Å². The van der Waals surface area contributed by atoms with Gasteiger partial charge in [0.15, 0.2) is 0 Å². The number of rotatable bonds is 1.